The molecule has 1 aromatic heterocycles. The van der Waals surface area contributed by atoms with E-state index in [1.54, 1.807) is 0 Å². The molecule has 0 bridgehead atoms. The molecule has 0 aromatic carbocycles. The van der Waals surface area contributed by atoms with Gasteiger partial charge in [-0.25, -0.2) is 4.98 Å². The number of pyridine rings is 1. The first-order valence-corrected chi connectivity index (χ1v) is 3.66. The molecule has 0 N–H and O–H groups in total. The van der Waals surface area contributed by atoms with Crippen LogP contribution >= 0.6 is 31.9 Å². The van der Waals surface area contributed by atoms with Gasteiger partial charge in [0, 0.05) is 9.81 Å². The predicted molar refractivity (Wildman–Crippen MR) is 44.4 cm³/mol. The Morgan fingerprint density at radius 3 is 3.11 bits per heavy atom. The molecule has 0 aliphatic heterocycles. The van der Waals surface area contributed by atoms with Crippen LogP contribution in [0.3, 0.4) is 0 Å². The van der Waals surface area contributed by atoms with Gasteiger partial charge in [0.2, 0.25) is 0 Å². The Morgan fingerprint density at radius 2 is 2.44 bits per heavy atom. The van der Waals surface area contributed by atoms with Crippen LogP contribution in [0.4, 0.5) is 0 Å². The van der Waals surface area contributed by atoms with Gasteiger partial charge in [-0.2, -0.15) is 0 Å². The number of hydrogen-bond acceptors (Lipinski definition) is 1. The second-order valence-electron chi connectivity index (χ2n) is 1.32. The highest BCUT2D eigenvalue weighted by Crippen LogP contribution is 2.19. The molecular weight excluding hydrogens is 246 g/mol. The Morgan fingerprint density at radius 1 is 1.67 bits per heavy atom. The number of nitrogens with zero attached hydrogens (tertiary/aromatic N) is 1. The summed E-state index contributed by atoms with van der Waals surface area (Å²) >= 11 is 6.04. The zero-order valence-corrected chi connectivity index (χ0v) is 7.38. The molecule has 0 unspecified atom stereocenters. The molecule has 9 heavy (non-hydrogen) atoms. The molecule has 1 aromatic rings. The Bertz CT molecular complexity index is 375. The van der Waals surface area contributed by atoms with Crippen LogP contribution in [-0.2, 0) is 0 Å². The van der Waals surface area contributed by atoms with Crippen molar-refractivity contribution in [3.05, 3.63) is 26.9 Å². The zero-order valence-electron chi connectivity index (χ0n) is 9.20. The fourth-order valence-corrected chi connectivity index (χ4v) is 0.805. The molecule has 0 fully saturated rings. The summed E-state index contributed by atoms with van der Waals surface area (Å²) in [4.78, 5) is 3.70. The van der Waals surface area contributed by atoms with Crippen LogP contribution in [0.1, 0.15) is 12.5 Å². The van der Waals surface area contributed by atoms with Crippen LogP contribution in [0.2, 0.25) is 0 Å². The quantitative estimate of drug-likeness (QED) is 0.650. The van der Waals surface area contributed by atoms with Gasteiger partial charge in [-0.3, -0.25) is 0 Å². The van der Waals surface area contributed by atoms with Gasteiger partial charge in [0.25, 0.3) is 0 Å². The molecule has 48 valence electrons. The summed E-state index contributed by atoms with van der Waals surface area (Å²) in [6, 6.07) is -0.557. The smallest absolute Gasteiger partial charge is 0.120 e. The van der Waals surface area contributed by atoms with Crippen molar-refractivity contribution in [2.24, 2.45) is 0 Å². The number of hydrogen-bond donors (Lipinski definition) is 0. The molecule has 1 heterocycles. The van der Waals surface area contributed by atoms with Crippen molar-refractivity contribution in [2.45, 2.75) is 6.85 Å². The highest BCUT2D eigenvalue weighted by Gasteiger charge is 1.94. The molecule has 1 rings (SSSR count). The van der Waals surface area contributed by atoms with Gasteiger partial charge in [0.15, 0.2) is 0 Å². The minimum atomic E-state index is -2.46. The van der Waals surface area contributed by atoms with Gasteiger partial charge in [0.05, 0.1) is 7.21 Å². The van der Waals surface area contributed by atoms with Crippen molar-refractivity contribution in [3.63, 3.8) is 0 Å². The molecule has 0 aliphatic rings. The molecule has 0 saturated carbocycles. The monoisotopic (exact) mass is 254 g/mol. The van der Waals surface area contributed by atoms with E-state index in [0.717, 1.165) is 0 Å². The van der Waals surface area contributed by atoms with Crippen LogP contribution in [0.5, 0.6) is 0 Å². The van der Waals surface area contributed by atoms with Crippen LogP contribution in [0.15, 0.2) is 21.2 Å². The minimum Gasteiger partial charge on any atom is -0.245 e. The molecule has 0 spiro atoms. The maximum atomic E-state index is 7.45. The summed E-state index contributed by atoms with van der Waals surface area (Å²) in [5, 5.41) is 0. The average Bonchev–Trinajstić information content (AvgIpc) is 2.06. The van der Waals surface area contributed by atoms with E-state index < -0.39 is 6.85 Å². The maximum Gasteiger partial charge on any atom is 0.120 e. The fraction of sp³-hybridized carbons (Fsp3) is 0.167. The van der Waals surface area contributed by atoms with Crippen molar-refractivity contribution in [2.75, 3.05) is 0 Å². The molecule has 0 amide bonds. The Balaban J connectivity index is 3.49. The molecule has 0 aliphatic carbocycles. The summed E-state index contributed by atoms with van der Waals surface area (Å²) in [7, 11) is 0. The lowest BCUT2D eigenvalue weighted by atomic mass is 10.4. The highest BCUT2D eigenvalue weighted by atomic mass is 79.9. The van der Waals surface area contributed by atoms with Crippen LogP contribution in [-0.4, -0.2) is 4.98 Å². The van der Waals surface area contributed by atoms with Crippen LogP contribution in [0.25, 0.3) is 0 Å². The molecule has 1 nitrogen and oxygen atoms in total. The van der Waals surface area contributed by atoms with E-state index in [-0.39, 0.29) is 26.9 Å². The van der Waals surface area contributed by atoms with Gasteiger partial charge in [-0.15, -0.1) is 0 Å². The zero-order chi connectivity index (χ0) is 11.1. The Kier molecular flexibility index (Phi) is 0.935. The summed E-state index contributed by atoms with van der Waals surface area (Å²) in [5.41, 5.74) is -0.363. The third-order valence-electron chi connectivity index (χ3n) is 0.682. The van der Waals surface area contributed by atoms with Crippen molar-refractivity contribution in [1.82, 2.24) is 4.98 Å². The first kappa shape index (κ1) is 3.01. The Labute approximate surface area is 77.8 Å². The lowest BCUT2D eigenvalue weighted by Gasteiger charge is -1.94. The molecule has 0 radical (unpaired) electrons. The second-order valence-corrected chi connectivity index (χ2v) is 2.86. The molecule has 0 atom stereocenters. The second kappa shape index (κ2) is 2.80. The topological polar surface area (TPSA) is 12.9 Å². The lowest BCUT2D eigenvalue weighted by molar-refractivity contribution is 1.15. The van der Waals surface area contributed by atoms with Crippen molar-refractivity contribution in [1.29, 1.82) is 0 Å². The van der Waals surface area contributed by atoms with E-state index in [4.69, 9.17) is 6.85 Å². The van der Waals surface area contributed by atoms with Crippen molar-refractivity contribution in [3.8, 4) is 0 Å². The summed E-state index contributed by atoms with van der Waals surface area (Å²) < 4.78 is 36.7. The first-order valence-electron chi connectivity index (χ1n) is 4.58. The van der Waals surface area contributed by atoms with E-state index in [0.29, 0.717) is 0 Å². The third-order valence-corrected chi connectivity index (χ3v) is 2.36. The normalized spacial score (nSPS) is 19.1. The SMILES string of the molecule is [2H]c1c(C([2H])([2H])[2H])nc(Br)c(Br)c1[2H]. The van der Waals surface area contributed by atoms with E-state index >= 15 is 0 Å². The fourth-order valence-electron chi connectivity index (χ4n) is 0.341. The first-order chi connectivity index (χ1) is 6.25. The largest absolute Gasteiger partial charge is 0.245 e. The number of halogens is 2. The van der Waals surface area contributed by atoms with Crippen molar-refractivity contribution < 1.29 is 6.85 Å². The van der Waals surface area contributed by atoms with Crippen molar-refractivity contribution >= 4 is 31.9 Å². The van der Waals surface area contributed by atoms with Gasteiger partial charge >= 0.3 is 0 Å². The lowest BCUT2D eigenvalue weighted by Crippen LogP contribution is -1.80. The average molecular weight is 256 g/mol. The Hall–Kier alpha value is 0.110. The van der Waals surface area contributed by atoms with E-state index in [1.807, 2.05) is 0 Å². The number of aromatic nitrogens is 1. The van der Waals surface area contributed by atoms with Gasteiger partial charge < -0.3 is 0 Å². The number of aryl methyl sites for hydroxylation is 1. The van der Waals surface area contributed by atoms with Gasteiger partial charge in [0.1, 0.15) is 4.60 Å². The summed E-state index contributed by atoms with van der Waals surface area (Å²) in [5.74, 6) is 0. The predicted octanol–water partition coefficient (Wildman–Crippen LogP) is 2.92. The summed E-state index contributed by atoms with van der Waals surface area (Å²) in [6.07, 6.45) is 0. The summed E-state index contributed by atoms with van der Waals surface area (Å²) in [6.45, 7) is -2.46. The standard InChI is InChI=1S/C6H5Br2N/c1-4-2-3-5(7)6(8)9-4/h2-3H,1H3/i1D3,2D,3D. The molecule has 3 heteroatoms. The van der Waals surface area contributed by atoms with E-state index in [2.05, 4.69) is 36.8 Å². The van der Waals surface area contributed by atoms with E-state index in [9.17, 15) is 0 Å². The molecule has 0 saturated heterocycles. The molecular formula is C6H5Br2N. The van der Waals surface area contributed by atoms with Crippen LogP contribution < -0.4 is 0 Å². The van der Waals surface area contributed by atoms with Crippen LogP contribution in [0, 0.1) is 6.85 Å². The van der Waals surface area contributed by atoms with E-state index in [1.165, 1.54) is 0 Å². The highest BCUT2D eigenvalue weighted by molar-refractivity contribution is 9.13. The van der Waals surface area contributed by atoms with Gasteiger partial charge in [-0.1, -0.05) is 0 Å². The number of rotatable bonds is 0. The maximum absolute atomic E-state index is 7.45. The third kappa shape index (κ3) is 1.76. The van der Waals surface area contributed by atoms with Gasteiger partial charge in [-0.05, 0) is 50.8 Å². The minimum absolute atomic E-state index is 0.182.